The van der Waals surface area contributed by atoms with E-state index in [9.17, 15) is 27.2 Å². The molecule has 0 saturated heterocycles. The number of hydrogen-bond donors (Lipinski definition) is 2. The zero-order valence-corrected chi connectivity index (χ0v) is 35.8. The summed E-state index contributed by atoms with van der Waals surface area (Å²) in [6.45, 7) is -2.50. The van der Waals surface area contributed by atoms with Crippen LogP contribution >= 0.6 is 23.2 Å². The molecule has 0 fully saturated rings. The van der Waals surface area contributed by atoms with Crippen LogP contribution in [0.5, 0.6) is 11.5 Å². The molecule has 7 aromatic rings. The monoisotopic (exact) mass is 912 g/mol. The summed E-state index contributed by atoms with van der Waals surface area (Å²) in [4.78, 5) is 47.9. The van der Waals surface area contributed by atoms with Gasteiger partial charge in [-0.1, -0.05) is 35.3 Å². The number of pyridine rings is 1. The summed E-state index contributed by atoms with van der Waals surface area (Å²) < 4.78 is 62.9. The summed E-state index contributed by atoms with van der Waals surface area (Å²) >= 11 is 11.7. The van der Waals surface area contributed by atoms with Crippen molar-refractivity contribution in [3.63, 3.8) is 0 Å². The molecule has 0 amide bonds. The van der Waals surface area contributed by atoms with Crippen LogP contribution < -0.4 is 20.1 Å². The molecule has 0 aliphatic carbocycles. The largest absolute Gasteiger partial charge is 0.496 e. The Morgan fingerprint density at radius 2 is 1.27 bits per heavy atom. The second-order valence-corrected chi connectivity index (χ2v) is 14.8. The topological polar surface area (TPSA) is 144 Å². The van der Waals surface area contributed by atoms with E-state index in [1.807, 2.05) is 43.3 Å². The lowest BCUT2D eigenvalue weighted by Crippen LogP contribution is -2.11. The molecule has 4 aromatic carbocycles. The third-order valence-electron chi connectivity index (χ3n) is 9.07. The van der Waals surface area contributed by atoms with Gasteiger partial charge >= 0.3 is 6.61 Å². The fraction of sp³-hybridized carbons (Fsp3) is 0.152. The molecule has 2 N–H and O–H groups in total. The summed E-state index contributed by atoms with van der Waals surface area (Å²) in [5.41, 5.74) is 3.64. The van der Waals surface area contributed by atoms with Crippen molar-refractivity contribution in [3.05, 3.63) is 154 Å². The lowest BCUT2D eigenvalue weighted by atomic mass is 10.0. The molecular formula is C46H38Cl2F4N8O4. The maximum atomic E-state index is 13.5. The fourth-order valence-electron chi connectivity index (χ4n) is 6.09. The summed E-state index contributed by atoms with van der Waals surface area (Å²) in [5, 5.41) is 7.22. The highest BCUT2D eigenvalue weighted by atomic mass is 35.5. The van der Waals surface area contributed by atoms with Crippen LogP contribution in [0.2, 0.25) is 10.0 Å². The summed E-state index contributed by atoms with van der Waals surface area (Å²) in [6.07, 6.45) is 10.5. The number of aromatic nitrogens is 5. The number of nitrogens with one attached hydrogen (secondary N) is 2. The van der Waals surface area contributed by atoms with E-state index in [-0.39, 0.29) is 45.8 Å². The standard InChI is InChI=1S/C24H18ClFN4O2.C22H20ClF3N4O2/c1-32-23-13-22-19(11-15(23)10-18(31)7-5-16-4-2-3-9-27-16)24(29-14-28-22)30-17-6-8-21(26)20(25)12-17;1-30(2)7-3-4-15(31)8-13-9-16-19(11-20(13)32-22(25)26)27-12-28-21(16)29-14-5-6-18(24)17(23)10-14/h2-9,11-14H,10H2,1H3,(H,28,29,30);3-6,9-12,22H,7-8H2,1-2H3,(H,27,28,29)/b7-5+;4-3+. The van der Waals surface area contributed by atoms with E-state index in [2.05, 4.69) is 40.3 Å². The first-order chi connectivity index (χ1) is 30.8. The average molecular weight is 914 g/mol. The maximum absolute atomic E-state index is 13.5. The zero-order valence-electron chi connectivity index (χ0n) is 34.3. The second kappa shape index (κ2) is 21.9. The van der Waals surface area contributed by atoms with Gasteiger partial charge in [0.25, 0.3) is 0 Å². The third kappa shape index (κ3) is 12.8. The van der Waals surface area contributed by atoms with Crippen molar-refractivity contribution in [1.82, 2.24) is 29.8 Å². The maximum Gasteiger partial charge on any atom is 0.387 e. The Hall–Kier alpha value is -7.01. The number of benzene rings is 4. The Labute approximate surface area is 374 Å². The van der Waals surface area contributed by atoms with Gasteiger partial charge in [-0.05, 0) is 93.0 Å². The smallest absolute Gasteiger partial charge is 0.387 e. The first-order valence-corrected chi connectivity index (χ1v) is 20.0. The minimum Gasteiger partial charge on any atom is -0.496 e. The number of ketones is 2. The minimum atomic E-state index is -3.06. The minimum absolute atomic E-state index is 0.000935. The number of carbonyl (C=O) groups excluding carboxylic acids is 2. The SMILES string of the molecule is CN(C)C/C=C/C(=O)Cc1cc2c(Nc3ccc(F)c(Cl)c3)ncnc2cc1OC(F)F.COc1cc2ncnc(Nc3ccc(F)c(Cl)c3)c2cc1CC(=O)/C=C/c1ccccn1. The first-order valence-electron chi connectivity index (χ1n) is 19.2. The van der Waals surface area contributed by atoms with Gasteiger partial charge in [-0.15, -0.1) is 0 Å². The van der Waals surface area contributed by atoms with Gasteiger partial charge in [0.05, 0.1) is 33.9 Å². The summed E-state index contributed by atoms with van der Waals surface area (Å²) in [7, 11) is 5.25. The van der Waals surface area contributed by atoms with Crippen LogP contribution in [0.1, 0.15) is 16.8 Å². The lowest BCUT2D eigenvalue weighted by Gasteiger charge is -2.14. The number of carbonyl (C=O) groups is 2. The molecule has 0 unspecified atom stereocenters. The van der Waals surface area contributed by atoms with Gasteiger partial charge in [0.2, 0.25) is 0 Å². The number of halogens is 6. The number of ether oxygens (including phenoxy) is 2. The van der Waals surface area contributed by atoms with Crippen LogP contribution in [0, 0.1) is 11.6 Å². The van der Waals surface area contributed by atoms with Gasteiger partial charge in [-0.25, -0.2) is 28.7 Å². The number of fused-ring (bicyclic) bond motifs is 2. The molecule has 3 heterocycles. The number of likely N-dealkylation sites (N-methyl/N-ethyl adjacent to an activating group) is 1. The number of hydrogen-bond acceptors (Lipinski definition) is 12. The van der Waals surface area contributed by atoms with Crippen molar-refractivity contribution < 1.29 is 36.6 Å². The summed E-state index contributed by atoms with van der Waals surface area (Å²) in [6, 6.07) is 20.3. The zero-order chi connectivity index (χ0) is 45.8. The quantitative estimate of drug-likeness (QED) is 0.0703. The van der Waals surface area contributed by atoms with Crippen LogP contribution in [-0.4, -0.2) is 75.7 Å². The molecule has 12 nitrogen and oxygen atoms in total. The number of methoxy groups -OCH3 is 1. The third-order valence-corrected chi connectivity index (χ3v) is 9.65. The van der Waals surface area contributed by atoms with E-state index < -0.39 is 18.2 Å². The van der Waals surface area contributed by atoms with E-state index in [1.165, 1.54) is 67.3 Å². The highest BCUT2D eigenvalue weighted by Gasteiger charge is 2.17. The molecule has 0 aliphatic rings. The number of rotatable bonds is 16. The van der Waals surface area contributed by atoms with Crippen molar-refractivity contribution in [1.29, 1.82) is 0 Å². The Morgan fingerprint density at radius 3 is 1.77 bits per heavy atom. The van der Waals surface area contributed by atoms with Crippen molar-refractivity contribution in [3.8, 4) is 11.5 Å². The Kier molecular flexibility index (Phi) is 15.9. The van der Waals surface area contributed by atoms with Crippen molar-refractivity contribution >= 4 is 85.7 Å². The van der Waals surface area contributed by atoms with Crippen LogP contribution in [-0.2, 0) is 22.4 Å². The van der Waals surface area contributed by atoms with E-state index in [4.69, 9.17) is 27.9 Å². The number of alkyl halides is 2. The van der Waals surface area contributed by atoms with Gasteiger partial charge in [-0.3, -0.25) is 14.6 Å². The van der Waals surface area contributed by atoms with E-state index in [0.717, 1.165) is 0 Å². The average Bonchev–Trinajstić information content (AvgIpc) is 3.26. The molecule has 64 heavy (non-hydrogen) atoms. The highest BCUT2D eigenvalue weighted by Crippen LogP contribution is 2.33. The Balaban J connectivity index is 0.000000213. The van der Waals surface area contributed by atoms with Gasteiger partial charge in [0.15, 0.2) is 11.6 Å². The van der Waals surface area contributed by atoms with Gasteiger partial charge < -0.3 is 25.0 Å². The predicted molar refractivity (Wildman–Crippen MR) is 240 cm³/mol. The molecule has 0 saturated carbocycles. The molecule has 0 radical (unpaired) electrons. The predicted octanol–water partition coefficient (Wildman–Crippen LogP) is 10.4. The van der Waals surface area contributed by atoms with Crippen molar-refractivity contribution in [2.75, 3.05) is 38.4 Å². The molecule has 328 valence electrons. The van der Waals surface area contributed by atoms with Crippen LogP contribution in [0.4, 0.5) is 40.6 Å². The fourth-order valence-corrected chi connectivity index (χ4v) is 6.45. The molecule has 0 atom stereocenters. The molecular weight excluding hydrogens is 875 g/mol. The van der Waals surface area contributed by atoms with Crippen molar-refractivity contribution in [2.45, 2.75) is 19.5 Å². The van der Waals surface area contributed by atoms with Gasteiger partial charge in [0, 0.05) is 71.0 Å². The lowest BCUT2D eigenvalue weighted by molar-refractivity contribution is -0.114. The van der Waals surface area contributed by atoms with Gasteiger partial charge in [0.1, 0.15) is 47.4 Å². The van der Waals surface area contributed by atoms with Crippen molar-refractivity contribution in [2.24, 2.45) is 0 Å². The van der Waals surface area contributed by atoms with E-state index >= 15 is 0 Å². The number of allylic oxidation sites excluding steroid dienone is 2. The van der Waals surface area contributed by atoms with Gasteiger partial charge in [-0.2, -0.15) is 8.78 Å². The highest BCUT2D eigenvalue weighted by molar-refractivity contribution is 6.31. The van der Waals surface area contributed by atoms with Crippen LogP contribution in [0.25, 0.3) is 27.9 Å². The molecule has 0 spiro atoms. The molecule has 7 rings (SSSR count). The van der Waals surface area contributed by atoms with E-state index in [1.54, 1.807) is 37.6 Å². The molecule has 3 aromatic heterocycles. The normalized spacial score (nSPS) is 11.4. The van der Waals surface area contributed by atoms with E-state index in [0.29, 0.717) is 68.4 Å². The van der Waals surface area contributed by atoms with Crippen LogP contribution in [0.15, 0.2) is 116 Å². The number of anilines is 4. The molecule has 18 heteroatoms. The Morgan fingerprint density at radius 1 is 0.719 bits per heavy atom. The number of nitrogens with zero attached hydrogens (tertiary/aromatic N) is 6. The van der Waals surface area contributed by atoms with Crippen LogP contribution in [0.3, 0.4) is 0 Å². The molecule has 0 aliphatic heterocycles. The summed E-state index contributed by atoms with van der Waals surface area (Å²) in [5.74, 6) is -0.221. The Bertz CT molecular complexity index is 2850. The first kappa shape index (κ1) is 46.5. The second-order valence-electron chi connectivity index (χ2n) is 14.0. The molecule has 0 bridgehead atoms.